The van der Waals surface area contributed by atoms with Crippen LogP contribution in [0.15, 0.2) is 6.20 Å². The van der Waals surface area contributed by atoms with Crippen LogP contribution in [0.4, 0.5) is 5.95 Å². The molecule has 1 rings (SSSR count). The summed E-state index contributed by atoms with van der Waals surface area (Å²) >= 11 is 0. The van der Waals surface area contributed by atoms with Crippen molar-refractivity contribution in [3.05, 3.63) is 17.5 Å². The number of anilines is 1. The molecule has 1 unspecified atom stereocenters. The molecule has 0 bridgehead atoms. The van der Waals surface area contributed by atoms with Gasteiger partial charge >= 0.3 is 5.97 Å². The van der Waals surface area contributed by atoms with E-state index >= 15 is 0 Å². The molecular weight excluding hydrogens is 230 g/mol. The molecule has 0 saturated heterocycles. The molecule has 0 aliphatic rings. The van der Waals surface area contributed by atoms with E-state index in [4.69, 9.17) is 5.11 Å². The SMILES string of the molecule is CCC(C)CN(CC)c1ncc(C(=O)O)c(C)n1. The predicted octanol–water partition coefficient (Wildman–Crippen LogP) is 2.36. The van der Waals surface area contributed by atoms with E-state index in [0.717, 1.165) is 19.5 Å². The Kier molecular flexibility index (Phi) is 5.07. The number of nitrogens with zero attached hydrogens (tertiary/aromatic N) is 3. The van der Waals surface area contributed by atoms with Gasteiger partial charge in [0.2, 0.25) is 5.95 Å². The van der Waals surface area contributed by atoms with Gasteiger partial charge in [-0.2, -0.15) is 0 Å². The molecule has 0 aliphatic heterocycles. The van der Waals surface area contributed by atoms with E-state index in [9.17, 15) is 4.79 Å². The maximum atomic E-state index is 10.9. The van der Waals surface area contributed by atoms with Crippen LogP contribution in [0.25, 0.3) is 0 Å². The molecular formula is C13H21N3O2. The number of aromatic carboxylic acids is 1. The summed E-state index contributed by atoms with van der Waals surface area (Å²) in [5, 5.41) is 8.94. The molecule has 1 N–H and O–H groups in total. The Balaban J connectivity index is 2.94. The second-order valence-electron chi connectivity index (χ2n) is 4.53. The number of hydrogen-bond acceptors (Lipinski definition) is 4. The molecule has 1 aromatic heterocycles. The number of aryl methyl sites for hydroxylation is 1. The Labute approximate surface area is 108 Å². The molecule has 18 heavy (non-hydrogen) atoms. The van der Waals surface area contributed by atoms with Crippen molar-refractivity contribution in [3.63, 3.8) is 0 Å². The minimum atomic E-state index is -0.982. The average molecular weight is 251 g/mol. The molecule has 0 fully saturated rings. The summed E-state index contributed by atoms with van der Waals surface area (Å²) in [6.45, 7) is 9.78. The lowest BCUT2D eigenvalue weighted by Gasteiger charge is -2.24. The van der Waals surface area contributed by atoms with Crippen LogP contribution in [0.2, 0.25) is 0 Å². The Hall–Kier alpha value is -1.65. The summed E-state index contributed by atoms with van der Waals surface area (Å²) in [5.41, 5.74) is 0.674. The first-order valence-corrected chi connectivity index (χ1v) is 6.31. The van der Waals surface area contributed by atoms with Crippen molar-refractivity contribution < 1.29 is 9.90 Å². The summed E-state index contributed by atoms with van der Waals surface area (Å²) in [5.74, 6) is 0.192. The summed E-state index contributed by atoms with van der Waals surface area (Å²) < 4.78 is 0. The fourth-order valence-electron chi connectivity index (χ4n) is 1.67. The van der Waals surface area contributed by atoms with Gasteiger partial charge in [0.15, 0.2) is 0 Å². The molecule has 1 aromatic rings. The number of carboxylic acid groups (broad SMARTS) is 1. The quantitative estimate of drug-likeness (QED) is 0.840. The van der Waals surface area contributed by atoms with Gasteiger partial charge in [-0.3, -0.25) is 0 Å². The highest BCUT2D eigenvalue weighted by Gasteiger charge is 2.14. The van der Waals surface area contributed by atoms with Crippen LogP contribution in [0.1, 0.15) is 43.2 Å². The van der Waals surface area contributed by atoms with Crippen LogP contribution >= 0.6 is 0 Å². The Morgan fingerprint density at radius 2 is 2.17 bits per heavy atom. The van der Waals surface area contributed by atoms with Gasteiger partial charge in [-0.25, -0.2) is 14.8 Å². The first kappa shape index (κ1) is 14.4. The molecule has 1 heterocycles. The first-order chi connectivity index (χ1) is 8.49. The third kappa shape index (κ3) is 3.42. The maximum absolute atomic E-state index is 10.9. The van der Waals surface area contributed by atoms with Crippen LogP contribution in [0, 0.1) is 12.8 Å². The zero-order valence-corrected chi connectivity index (χ0v) is 11.5. The molecule has 0 radical (unpaired) electrons. The Morgan fingerprint density at radius 3 is 2.61 bits per heavy atom. The van der Waals surface area contributed by atoms with Crippen molar-refractivity contribution in [1.82, 2.24) is 9.97 Å². The first-order valence-electron chi connectivity index (χ1n) is 6.31. The van der Waals surface area contributed by atoms with Crippen LogP contribution < -0.4 is 4.90 Å². The number of hydrogen-bond donors (Lipinski definition) is 1. The lowest BCUT2D eigenvalue weighted by Crippen LogP contribution is -2.30. The van der Waals surface area contributed by atoms with Crippen LogP contribution in [0.5, 0.6) is 0 Å². The van der Waals surface area contributed by atoms with Gasteiger partial charge in [-0.15, -0.1) is 0 Å². The lowest BCUT2D eigenvalue weighted by atomic mass is 10.1. The average Bonchev–Trinajstić information content (AvgIpc) is 2.34. The largest absolute Gasteiger partial charge is 0.478 e. The van der Waals surface area contributed by atoms with Gasteiger partial charge in [0, 0.05) is 19.3 Å². The van der Waals surface area contributed by atoms with E-state index in [1.165, 1.54) is 6.20 Å². The zero-order chi connectivity index (χ0) is 13.7. The third-order valence-corrected chi connectivity index (χ3v) is 3.09. The van der Waals surface area contributed by atoms with Gasteiger partial charge in [-0.05, 0) is 19.8 Å². The number of rotatable bonds is 6. The van der Waals surface area contributed by atoms with Crippen LogP contribution in [-0.4, -0.2) is 34.1 Å². The lowest BCUT2D eigenvalue weighted by molar-refractivity contribution is 0.0695. The maximum Gasteiger partial charge on any atom is 0.339 e. The van der Waals surface area contributed by atoms with Crippen molar-refractivity contribution in [2.75, 3.05) is 18.0 Å². The molecule has 0 saturated carbocycles. The summed E-state index contributed by atoms with van der Waals surface area (Å²) in [6, 6.07) is 0. The summed E-state index contributed by atoms with van der Waals surface area (Å²) in [7, 11) is 0. The fraction of sp³-hybridized carbons (Fsp3) is 0.615. The van der Waals surface area contributed by atoms with Gasteiger partial charge in [0.25, 0.3) is 0 Å². The zero-order valence-electron chi connectivity index (χ0n) is 11.5. The third-order valence-electron chi connectivity index (χ3n) is 3.09. The highest BCUT2D eigenvalue weighted by Crippen LogP contribution is 2.14. The van der Waals surface area contributed by atoms with Crippen molar-refractivity contribution in [2.24, 2.45) is 5.92 Å². The van der Waals surface area contributed by atoms with E-state index in [2.05, 4.69) is 28.7 Å². The highest BCUT2D eigenvalue weighted by atomic mass is 16.4. The minimum Gasteiger partial charge on any atom is -0.478 e. The van der Waals surface area contributed by atoms with E-state index in [0.29, 0.717) is 17.6 Å². The monoisotopic (exact) mass is 251 g/mol. The van der Waals surface area contributed by atoms with E-state index in [1.54, 1.807) is 6.92 Å². The minimum absolute atomic E-state index is 0.165. The molecule has 0 spiro atoms. The molecule has 5 heteroatoms. The van der Waals surface area contributed by atoms with Crippen LogP contribution in [0.3, 0.4) is 0 Å². The molecule has 0 aromatic carbocycles. The van der Waals surface area contributed by atoms with Gasteiger partial charge in [0.1, 0.15) is 0 Å². The van der Waals surface area contributed by atoms with Gasteiger partial charge in [0.05, 0.1) is 11.3 Å². The van der Waals surface area contributed by atoms with E-state index < -0.39 is 5.97 Å². The smallest absolute Gasteiger partial charge is 0.339 e. The molecule has 0 aliphatic carbocycles. The van der Waals surface area contributed by atoms with Gasteiger partial charge < -0.3 is 10.0 Å². The second-order valence-corrected chi connectivity index (χ2v) is 4.53. The standard InChI is InChI=1S/C13H21N3O2/c1-5-9(3)8-16(6-2)13-14-7-11(12(17)18)10(4)15-13/h7,9H,5-6,8H2,1-4H3,(H,17,18). The number of carboxylic acids is 1. The van der Waals surface area contributed by atoms with Gasteiger partial charge in [-0.1, -0.05) is 20.3 Å². The summed E-state index contributed by atoms with van der Waals surface area (Å²) in [6.07, 6.45) is 2.49. The number of aromatic nitrogens is 2. The molecule has 1 atom stereocenters. The van der Waals surface area contributed by atoms with E-state index in [-0.39, 0.29) is 5.56 Å². The van der Waals surface area contributed by atoms with Crippen LogP contribution in [-0.2, 0) is 0 Å². The van der Waals surface area contributed by atoms with Crippen molar-refractivity contribution in [1.29, 1.82) is 0 Å². The second kappa shape index (κ2) is 6.33. The van der Waals surface area contributed by atoms with Crippen molar-refractivity contribution >= 4 is 11.9 Å². The number of carbonyl (C=O) groups is 1. The van der Waals surface area contributed by atoms with Crippen molar-refractivity contribution in [2.45, 2.75) is 34.1 Å². The topological polar surface area (TPSA) is 66.3 Å². The predicted molar refractivity (Wildman–Crippen MR) is 71.1 cm³/mol. The Morgan fingerprint density at radius 1 is 1.50 bits per heavy atom. The Bertz CT molecular complexity index is 421. The normalized spacial score (nSPS) is 12.2. The highest BCUT2D eigenvalue weighted by molar-refractivity contribution is 5.88. The van der Waals surface area contributed by atoms with Crippen molar-refractivity contribution in [3.8, 4) is 0 Å². The van der Waals surface area contributed by atoms with E-state index in [1.807, 2.05) is 6.92 Å². The summed E-state index contributed by atoms with van der Waals surface area (Å²) in [4.78, 5) is 21.4. The molecule has 0 amide bonds. The molecule has 100 valence electrons. The molecule has 5 nitrogen and oxygen atoms in total. The fourth-order valence-corrected chi connectivity index (χ4v) is 1.67.